The molecule has 0 radical (unpaired) electrons. The van der Waals surface area contributed by atoms with Gasteiger partial charge in [-0.3, -0.25) is 0 Å². The van der Waals surface area contributed by atoms with Crippen molar-refractivity contribution in [3.63, 3.8) is 0 Å². The number of anilines is 1. The fraction of sp³-hybridized carbons (Fsp3) is 0.400. The molecule has 1 aliphatic heterocycles. The van der Waals surface area contributed by atoms with E-state index in [1.54, 1.807) is 12.1 Å². The number of fused-ring (bicyclic) bond motifs is 1. The number of aromatic hydroxyl groups is 1. The Morgan fingerprint density at radius 2 is 2.31 bits per heavy atom. The van der Waals surface area contributed by atoms with Crippen molar-refractivity contribution >= 4 is 5.69 Å². The third kappa shape index (κ3) is 1.47. The van der Waals surface area contributed by atoms with Crippen molar-refractivity contribution in [1.29, 1.82) is 0 Å². The van der Waals surface area contributed by atoms with Crippen LogP contribution in [0.5, 0.6) is 5.75 Å². The van der Waals surface area contributed by atoms with Crippen LogP contribution >= 0.6 is 0 Å². The third-order valence-electron chi connectivity index (χ3n) is 2.47. The van der Waals surface area contributed by atoms with Crippen molar-refractivity contribution in [3.8, 4) is 5.75 Å². The molecule has 0 aromatic heterocycles. The molecule has 0 amide bonds. The number of hydrogen-bond acceptors (Lipinski definition) is 3. The van der Waals surface area contributed by atoms with E-state index in [0.717, 1.165) is 24.1 Å². The summed E-state index contributed by atoms with van der Waals surface area (Å²) in [4.78, 5) is 0. The molecule has 1 unspecified atom stereocenters. The van der Waals surface area contributed by atoms with E-state index in [9.17, 15) is 5.11 Å². The third-order valence-corrected chi connectivity index (χ3v) is 2.47. The smallest absolute Gasteiger partial charge is 0.120 e. The number of hydrogen-bond donors (Lipinski definition) is 3. The van der Waals surface area contributed by atoms with Gasteiger partial charge in [0.05, 0.1) is 6.61 Å². The van der Waals surface area contributed by atoms with Gasteiger partial charge in [-0.2, -0.15) is 0 Å². The fourth-order valence-corrected chi connectivity index (χ4v) is 1.72. The van der Waals surface area contributed by atoms with Crippen molar-refractivity contribution in [2.24, 2.45) is 0 Å². The fourth-order valence-electron chi connectivity index (χ4n) is 1.72. The first kappa shape index (κ1) is 8.38. The molecule has 3 heteroatoms. The minimum Gasteiger partial charge on any atom is -0.508 e. The summed E-state index contributed by atoms with van der Waals surface area (Å²) in [6.45, 7) is 0.148. The highest BCUT2D eigenvalue weighted by atomic mass is 16.3. The van der Waals surface area contributed by atoms with E-state index in [2.05, 4.69) is 5.32 Å². The molecule has 0 saturated carbocycles. The van der Waals surface area contributed by atoms with Gasteiger partial charge in [0.1, 0.15) is 5.75 Å². The molecule has 0 spiro atoms. The summed E-state index contributed by atoms with van der Waals surface area (Å²) in [5, 5.41) is 21.7. The highest BCUT2D eigenvalue weighted by molar-refractivity contribution is 5.59. The first-order valence-electron chi connectivity index (χ1n) is 4.49. The van der Waals surface area contributed by atoms with E-state index in [4.69, 9.17) is 5.11 Å². The number of rotatable bonds is 1. The van der Waals surface area contributed by atoms with Crippen LogP contribution in [0, 0.1) is 0 Å². The van der Waals surface area contributed by atoms with Crippen LogP contribution in [0.4, 0.5) is 5.69 Å². The number of nitrogens with one attached hydrogen (secondary N) is 1. The van der Waals surface area contributed by atoms with E-state index in [-0.39, 0.29) is 12.6 Å². The Morgan fingerprint density at radius 3 is 3.08 bits per heavy atom. The lowest BCUT2D eigenvalue weighted by Crippen LogP contribution is -2.28. The summed E-state index contributed by atoms with van der Waals surface area (Å²) >= 11 is 0. The predicted molar refractivity (Wildman–Crippen MR) is 50.9 cm³/mol. The van der Waals surface area contributed by atoms with Crippen LogP contribution in [-0.4, -0.2) is 22.9 Å². The second-order valence-corrected chi connectivity index (χ2v) is 3.37. The van der Waals surface area contributed by atoms with E-state index >= 15 is 0 Å². The Labute approximate surface area is 77.0 Å². The molecule has 0 saturated heterocycles. The van der Waals surface area contributed by atoms with Crippen molar-refractivity contribution in [1.82, 2.24) is 0 Å². The van der Waals surface area contributed by atoms with Crippen molar-refractivity contribution in [3.05, 3.63) is 23.8 Å². The number of aliphatic hydroxyl groups excluding tert-OH is 1. The van der Waals surface area contributed by atoms with Gasteiger partial charge in [-0.05, 0) is 25.0 Å². The average molecular weight is 179 g/mol. The van der Waals surface area contributed by atoms with E-state index in [1.807, 2.05) is 6.07 Å². The normalized spacial score (nSPS) is 20.5. The molecule has 13 heavy (non-hydrogen) atoms. The Bertz CT molecular complexity index is 312. The van der Waals surface area contributed by atoms with Gasteiger partial charge in [-0.1, -0.05) is 6.07 Å². The maximum absolute atomic E-state index is 9.51. The molecule has 1 aromatic rings. The molecule has 70 valence electrons. The van der Waals surface area contributed by atoms with Gasteiger partial charge in [0, 0.05) is 17.3 Å². The maximum Gasteiger partial charge on any atom is 0.120 e. The average Bonchev–Trinajstić information content (AvgIpc) is 2.18. The van der Waals surface area contributed by atoms with E-state index < -0.39 is 0 Å². The molecule has 1 aliphatic rings. The monoisotopic (exact) mass is 179 g/mol. The Kier molecular flexibility index (Phi) is 2.10. The largest absolute Gasteiger partial charge is 0.508 e. The minimum absolute atomic E-state index is 0.134. The zero-order valence-corrected chi connectivity index (χ0v) is 7.33. The van der Waals surface area contributed by atoms with Crippen LogP contribution in [0.2, 0.25) is 0 Å². The SMILES string of the molecule is OCC1CCc2c(O)cccc2N1. The maximum atomic E-state index is 9.51. The van der Waals surface area contributed by atoms with E-state index in [0.29, 0.717) is 5.75 Å². The van der Waals surface area contributed by atoms with Crippen molar-refractivity contribution < 1.29 is 10.2 Å². The molecule has 3 N–H and O–H groups in total. The van der Waals surface area contributed by atoms with Gasteiger partial charge >= 0.3 is 0 Å². The summed E-state index contributed by atoms with van der Waals surface area (Å²) in [6.07, 6.45) is 1.71. The summed E-state index contributed by atoms with van der Waals surface area (Å²) in [6, 6.07) is 5.56. The lowest BCUT2D eigenvalue weighted by atomic mass is 9.98. The molecule has 1 aromatic carbocycles. The lowest BCUT2D eigenvalue weighted by Gasteiger charge is -2.25. The zero-order valence-electron chi connectivity index (χ0n) is 7.33. The van der Waals surface area contributed by atoms with Crippen molar-refractivity contribution in [2.75, 3.05) is 11.9 Å². The quantitative estimate of drug-likeness (QED) is 0.605. The topological polar surface area (TPSA) is 52.5 Å². The van der Waals surface area contributed by atoms with Crippen LogP contribution in [-0.2, 0) is 6.42 Å². The number of aliphatic hydroxyl groups is 1. The second kappa shape index (κ2) is 3.26. The van der Waals surface area contributed by atoms with Gasteiger partial charge in [0.25, 0.3) is 0 Å². The zero-order chi connectivity index (χ0) is 9.26. The molecular weight excluding hydrogens is 166 g/mol. The van der Waals surface area contributed by atoms with Crippen LogP contribution in [0.3, 0.4) is 0 Å². The first-order valence-corrected chi connectivity index (χ1v) is 4.49. The van der Waals surface area contributed by atoms with Gasteiger partial charge in [0.2, 0.25) is 0 Å². The van der Waals surface area contributed by atoms with Crippen LogP contribution in [0.1, 0.15) is 12.0 Å². The summed E-state index contributed by atoms with van der Waals surface area (Å²) in [5.74, 6) is 0.349. The van der Waals surface area contributed by atoms with Gasteiger partial charge < -0.3 is 15.5 Å². The molecule has 0 bridgehead atoms. The Balaban J connectivity index is 2.31. The highest BCUT2D eigenvalue weighted by Crippen LogP contribution is 2.31. The van der Waals surface area contributed by atoms with Gasteiger partial charge in [-0.15, -0.1) is 0 Å². The predicted octanol–water partition coefficient (Wildman–Crippen LogP) is 1.11. The molecule has 0 aliphatic carbocycles. The standard InChI is InChI=1S/C10H13NO2/c12-6-7-4-5-8-9(11-7)2-1-3-10(8)13/h1-3,7,11-13H,4-6H2. The van der Waals surface area contributed by atoms with Crippen molar-refractivity contribution in [2.45, 2.75) is 18.9 Å². The summed E-state index contributed by atoms with van der Waals surface area (Å²) < 4.78 is 0. The van der Waals surface area contributed by atoms with Crippen LogP contribution in [0.15, 0.2) is 18.2 Å². The second-order valence-electron chi connectivity index (χ2n) is 3.37. The van der Waals surface area contributed by atoms with Crippen LogP contribution in [0.25, 0.3) is 0 Å². The van der Waals surface area contributed by atoms with Gasteiger partial charge in [0.15, 0.2) is 0 Å². The summed E-state index contributed by atoms with van der Waals surface area (Å²) in [7, 11) is 0. The highest BCUT2D eigenvalue weighted by Gasteiger charge is 2.18. The van der Waals surface area contributed by atoms with Gasteiger partial charge in [-0.25, -0.2) is 0 Å². The molecule has 2 rings (SSSR count). The Morgan fingerprint density at radius 1 is 1.46 bits per heavy atom. The number of benzene rings is 1. The van der Waals surface area contributed by atoms with Crippen LogP contribution < -0.4 is 5.32 Å². The molecule has 0 fully saturated rings. The molecular formula is C10H13NO2. The number of phenolic OH excluding ortho intramolecular Hbond substituents is 1. The first-order chi connectivity index (χ1) is 6.31. The Hall–Kier alpha value is -1.22. The molecule has 1 heterocycles. The lowest BCUT2D eigenvalue weighted by molar-refractivity contribution is 0.266. The summed E-state index contributed by atoms with van der Waals surface area (Å²) in [5.41, 5.74) is 1.91. The van der Waals surface area contributed by atoms with E-state index in [1.165, 1.54) is 0 Å². The number of phenols is 1. The molecule has 3 nitrogen and oxygen atoms in total. The molecule has 1 atom stereocenters. The minimum atomic E-state index is 0.134.